The van der Waals surface area contributed by atoms with Gasteiger partial charge in [-0.25, -0.2) is 0 Å². The number of para-hydroxylation sites is 1. The number of anilines is 1. The summed E-state index contributed by atoms with van der Waals surface area (Å²) in [5, 5.41) is 5.69. The van der Waals surface area contributed by atoms with Gasteiger partial charge in [0.25, 0.3) is 5.91 Å². The molecule has 1 fully saturated rings. The molecule has 0 spiro atoms. The van der Waals surface area contributed by atoms with Gasteiger partial charge in [0.2, 0.25) is 5.91 Å². The summed E-state index contributed by atoms with van der Waals surface area (Å²) in [6.07, 6.45) is 5.33. The SMILES string of the molecule is Cc1ccc(/C=C/C(=O)Nc2ccccc2C(=O)NC[C@@H]2CCCO2)c(C)c1. The normalized spacial score (nSPS) is 16.3. The number of benzene rings is 2. The third kappa shape index (κ3) is 5.30. The lowest BCUT2D eigenvalue weighted by atomic mass is 10.1. The zero-order valence-electron chi connectivity index (χ0n) is 16.3. The summed E-state index contributed by atoms with van der Waals surface area (Å²) in [4.78, 5) is 24.9. The van der Waals surface area contributed by atoms with Crippen molar-refractivity contribution in [3.05, 3.63) is 70.8 Å². The Labute approximate surface area is 165 Å². The molecule has 1 atom stereocenters. The highest BCUT2D eigenvalue weighted by Gasteiger charge is 2.18. The number of nitrogens with one attached hydrogen (secondary N) is 2. The molecule has 28 heavy (non-hydrogen) atoms. The number of amides is 2. The van der Waals surface area contributed by atoms with E-state index in [9.17, 15) is 9.59 Å². The van der Waals surface area contributed by atoms with Gasteiger partial charge < -0.3 is 15.4 Å². The standard InChI is InChI=1S/C23H26N2O3/c1-16-9-10-18(17(2)14-16)11-12-22(26)25-21-8-4-3-7-20(21)23(27)24-15-19-6-5-13-28-19/h3-4,7-12,14,19H,5-6,13,15H2,1-2H3,(H,24,27)(H,25,26)/b12-11+/t19-/m0/s1. The second-order valence-corrected chi connectivity index (χ2v) is 7.07. The van der Waals surface area contributed by atoms with E-state index in [4.69, 9.17) is 4.74 Å². The summed E-state index contributed by atoms with van der Waals surface area (Å²) >= 11 is 0. The van der Waals surface area contributed by atoms with E-state index < -0.39 is 0 Å². The molecule has 2 N–H and O–H groups in total. The first-order chi connectivity index (χ1) is 13.5. The molecule has 1 heterocycles. The van der Waals surface area contributed by atoms with Crippen molar-refractivity contribution >= 4 is 23.6 Å². The summed E-state index contributed by atoms with van der Waals surface area (Å²) in [6, 6.07) is 13.1. The minimum atomic E-state index is -0.278. The van der Waals surface area contributed by atoms with Crippen LogP contribution >= 0.6 is 0 Å². The molecule has 146 valence electrons. The third-order valence-corrected chi connectivity index (χ3v) is 4.78. The minimum Gasteiger partial charge on any atom is -0.376 e. The molecule has 1 aliphatic rings. The fraction of sp³-hybridized carbons (Fsp3) is 0.304. The van der Waals surface area contributed by atoms with Crippen LogP contribution < -0.4 is 10.6 Å². The lowest BCUT2D eigenvalue weighted by molar-refractivity contribution is -0.111. The predicted octanol–water partition coefficient (Wildman–Crippen LogP) is 3.86. The van der Waals surface area contributed by atoms with Crippen LogP contribution in [-0.4, -0.2) is 31.1 Å². The Morgan fingerprint density at radius 2 is 2.00 bits per heavy atom. The number of hydrogen-bond acceptors (Lipinski definition) is 3. The summed E-state index contributed by atoms with van der Waals surface area (Å²) < 4.78 is 5.53. The maximum absolute atomic E-state index is 12.5. The third-order valence-electron chi connectivity index (χ3n) is 4.78. The quantitative estimate of drug-likeness (QED) is 0.750. The first kappa shape index (κ1) is 19.8. The highest BCUT2D eigenvalue weighted by atomic mass is 16.5. The molecule has 1 aliphatic heterocycles. The van der Waals surface area contributed by atoms with Crippen molar-refractivity contribution < 1.29 is 14.3 Å². The second-order valence-electron chi connectivity index (χ2n) is 7.07. The molecular formula is C23H26N2O3. The van der Waals surface area contributed by atoms with Gasteiger partial charge in [0.15, 0.2) is 0 Å². The Morgan fingerprint density at radius 1 is 1.18 bits per heavy atom. The number of ether oxygens (including phenoxy) is 1. The molecule has 0 radical (unpaired) electrons. The van der Waals surface area contributed by atoms with Gasteiger partial charge >= 0.3 is 0 Å². The van der Waals surface area contributed by atoms with Crippen LogP contribution in [0.2, 0.25) is 0 Å². The Hall–Kier alpha value is -2.92. The molecule has 0 aromatic heterocycles. The van der Waals surface area contributed by atoms with Gasteiger partial charge in [-0.2, -0.15) is 0 Å². The average molecular weight is 378 g/mol. The van der Waals surface area contributed by atoms with E-state index in [1.165, 1.54) is 11.6 Å². The Morgan fingerprint density at radius 3 is 2.75 bits per heavy atom. The lowest BCUT2D eigenvalue weighted by Crippen LogP contribution is -2.32. The predicted molar refractivity (Wildman–Crippen MR) is 111 cm³/mol. The van der Waals surface area contributed by atoms with Gasteiger partial charge in [-0.15, -0.1) is 0 Å². The van der Waals surface area contributed by atoms with Gasteiger partial charge in [-0.1, -0.05) is 35.9 Å². The Bertz CT molecular complexity index is 883. The number of carbonyl (C=O) groups is 2. The van der Waals surface area contributed by atoms with Gasteiger partial charge in [0.05, 0.1) is 17.4 Å². The smallest absolute Gasteiger partial charge is 0.253 e. The van der Waals surface area contributed by atoms with E-state index in [0.717, 1.165) is 30.6 Å². The molecule has 0 bridgehead atoms. The van der Waals surface area contributed by atoms with Crippen LogP contribution in [0.15, 0.2) is 48.5 Å². The van der Waals surface area contributed by atoms with E-state index in [1.54, 1.807) is 30.3 Å². The van der Waals surface area contributed by atoms with Crippen molar-refractivity contribution in [2.45, 2.75) is 32.8 Å². The molecule has 5 heteroatoms. The number of hydrogen-bond donors (Lipinski definition) is 2. The fourth-order valence-electron chi connectivity index (χ4n) is 3.25. The minimum absolute atomic E-state index is 0.0754. The van der Waals surface area contributed by atoms with Gasteiger partial charge in [0, 0.05) is 19.2 Å². The zero-order valence-corrected chi connectivity index (χ0v) is 16.3. The van der Waals surface area contributed by atoms with Crippen LogP contribution in [0.25, 0.3) is 6.08 Å². The summed E-state index contributed by atoms with van der Waals surface area (Å²) in [7, 11) is 0. The zero-order chi connectivity index (χ0) is 19.9. The fourth-order valence-corrected chi connectivity index (χ4v) is 3.25. The van der Waals surface area contributed by atoms with Crippen molar-refractivity contribution in [1.82, 2.24) is 5.32 Å². The average Bonchev–Trinajstić information content (AvgIpc) is 3.19. The van der Waals surface area contributed by atoms with Crippen molar-refractivity contribution in [1.29, 1.82) is 0 Å². The largest absolute Gasteiger partial charge is 0.376 e. The summed E-state index contributed by atoms with van der Waals surface area (Å²) in [5.41, 5.74) is 4.21. The molecule has 2 aromatic rings. The highest BCUT2D eigenvalue weighted by molar-refractivity contribution is 6.07. The van der Waals surface area contributed by atoms with Gasteiger partial charge in [-0.05, 0) is 56.0 Å². The molecule has 1 saturated heterocycles. The second kappa shape index (κ2) is 9.33. The lowest BCUT2D eigenvalue weighted by Gasteiger charge is -2.13. The van der Waals surface area contributed by atoms with Gasteiger partial charge in [0.1, 0.15) is 0 Å². The maximum atomic E-state index is 12.5. The van der Waals surface area contributed by atoms with E-state index >= 15 is 0 Å². The molecule has 2 amide bonds. The Balaban J connectivity index is 1.64. The van der Waals surface area contributed by atoms with Crippen molar-refractivity contribution in [2.75, 3.05) is 18.5 Å². The molecular weight excluding hydrogens is 352 g/mol. The van der Waals surface area contributed by atoms with E-state index in [-0.39, 0.29) is 17.9 Å². The van der Waals surface area contributed by atoms with Crippen LogP contribution in [-0.2, 0) is 9.53 Å². The highest BCUT2D eigenvalue weighted by Crippen LogP contribution is 2.17. The van der Waals surface area contributed by atoms with Crippen molar-refractivity contribution in [3.8, 4) is 0 Å². The Kier molecular flexibility index (Phi) is 6.61. The van der Waals surface area contributed by atoms with E-state index in [0.29, 0.717) is 17.8 Å². The van der Waals surface area contributed by atoms with Crippen LogP contribution in [0.3, 0.4) is 0 Å². The molecule has 5 nitrogen and oxygen atoms in total. The topological polar surface area (TPSA) is 67.4 Å². The van der Waals surface area contributed by atoms with Crippen LogP contribution in [0, 0.1) is 13.8 Å². The molecule has 0 unspecified atom stereocenters. The molecule has 2 aromatic carbocycles. The first-order valence-corrected chi connectivity index (χ1v) is 9.58. The van der Waals surface area contributed by atoms with Crippen LogP contribution in [0.5, 0.6) is 0 Å². The van der Waals surface area contributed by atoms with E-state index in [1.807, 2.05) is 26.0 Å². The van der Waals surface area contributed by atoms with E-state index in [2.05, 4.69) is 16.7 Å². The van der Waals surface area contributed by atoms with Crippen LogP contribution in [0.4, 0.5) is 5.69 Å². The molecule has 0 saturated carbocycles. The molecule has 3 rings (SSSR count). The van der Waals surface area contributed by atoms with Gasteiger partial charge in [-0.3, -0.25) is 9.59 Å². The van der Waals surface area contributed by atoms with Crippen LogP contribution in [0.1, 0.15) is 39.9 Å². The molecule has 0 aliphatic carbocycles. The number of aryl methyl sites for hydroxylation is 2. The monoisotopic (exact) mass is 378 g/mol. The number of rotatable bonds is 6. The first-order valence-electron chi connectivity index (χ1n) is 9.58. The van der Waals surface area contributed by atoms with Crippen molar-refractivity contribution in [2.24, 2.45) is 0 Å². The summed E-state index contributed by atoms with van der Waals surface area (Å²) in [6.45, 7) is 5.28. The number of carbonyl (C=O) groups excluding carboxylic acids is 2. The maximum Gasteiger partial charge on any atom is 0.253 e. The summed E-state index contributed by atoms with van der Waals surface area (Å²) in [5.74, 6) is -0.496. The van der Waals surface area contributed by atoms with Crippen molar-refractivity contribution in [3.63, 3.8) is 0 Å².